The van der Waals surface area contributed by atoms with Gasteiger partial charge < -0.3 is 5.32 Å². The predicted molar refractivity (Wildman–Crippen MR) is 98.5 cm³/mol. The second kappa shape index (κ2) is 7.41. The van der Waals surface area contributed by atoms with Gasteiger partial charge in [0, 0.05) is 17.7 Å². The Morgan fingerprint density at radius 2 is 1.93 bits per heavy atom. The Hall–Kier alpha value is -2.24. The number of benzene rings is 1. The van der Waals surface area contributed by atoms with Crippen LogP contribution in [0.5, 0.6) is 0 Å². The highest BCUT2D eigenvalue weighted by molar-refractivity contribution is 5.76. The van der Waals surface area contributed by atoms with E-state index in [1.807, 2.05) is 18.2 Å². The van der Waals surface area contributed by atoms with Crippen LogP contribution in [0.4, 0.5) is 8.78 Å². The molecular weight excluding hydrogens is 348 g/mol. The molecular formula is C21H25F2N3O. The Labute approximate surface area is 158 Å². The van der Waals surface area contributed by atoms with Crippen LogP contribution in [0.3, 0.4) is 0 Å². The van der Waals surface area contributed by atoms with Crippen LogP contribution in [-0.4, -0.2) is 21.7 Å². The molecule has 2 aromatic rings. The average Bonchev–Trinajstić information content (AvgIpc) is 3.02. The van der Waals surface area contributed by atoms with E-state index in [0.29, 0.717) is 23.4 Å². The third-order valence-electron chi connectivity index (χ3n) is 6.21. The minimum atomic E-state index is -2.62. The number of aromatic nitrogens is 2. The van der Waals surface area contributed by atoms with E-state index >= 15 is 0 Å². The molecule has 1 N–H and O–H groups in total. The number of alkyl halides is 2. The molecule has 1 aromatic carbocycles. The number of aryl methyl sites for hydroxylation is 1. The van der Waals surface area contributed by atoms with E-state index in [4.69, 9.17) is 0 Å². The first-order valence-electron chi connectivity index (χ1n) is 9.71. The van der Waals surface area contributed by atoms with Gasteiger partial charge in [-0.1, -0.05) is 43.2 Å². The highest BCUT2D eigenvalue weighted by atomic mass is 19.3. The van der Waals surface area contributed by atoms with Crippen molar-refractivity contribution in [3.63, 3.8) is 0 Å². The number of hydrogen-bond donors (Lipinski definition) is 1. The highest BCUT2D eigenvalue weighted by Gasteiger charge is 2.51. The normalized spacial score (nSPS) is 27.1. The van der Waals surface area contributed by atoms with Gasteiger partial charge in [0.2, 0.25) is 5.91 Å². The number of rotatable bonds is 5. The minimum absolute atomic E-state index is 0.0199. The Bertz CT molecular complexity index is 805. The van der Waals surface area contributed by atoms with Crippen LogP contribution in [0.25, 0.3) is 0 Å². The number of nitrogens with one attached hydrogen (secondary N) is 1. The molecule has 2 aliphatic rings. The molecule has 1 aromatic heterocycles. The largest absolute Gasteiger partial charge is 0.351 e. The van der Waals surface area contributed by atoms with Crippen LogP contribution in [0.15, 0.2) is 36.4 Å². The van der Waals surface area contributed by atoms with E-state index in [-0.39, 0.29) is 24.2 Å². The van der Waals surface area contributed by atoms with E-state index in [9.17, 15) is 13.6 Å². The quantitative estimate of drug-likeness (QED) is 0.853. The fraction of sp³-hybridized carbons (Fsp3) is 0.524. The lowest BCUT2D eigenvalue weighted by Crippen LogP contribution is -2.59. The molecule has 0 bridgehead atoms. The first-order chi connectivity index (χ1) is 13.0. The lowest BCUT2D eigenvalue weighted by molar-refractivity contribution is -0.125. The summed E-state index contributed by atoms with van der Waals surface area (Å²) in [6.07, 6.45) is 2.21. The minimum Gasteiger partial charge on any atom is -0.351 e. The zero-order valence-electron chi connectivity index (χ0n) is 15.4. The van der Waals surface area contributed by atoms with Crippen LogP contribution >= 0.6 is 0 Å². The Balaban J connectivity index is 1.47. The van der Waals surface area contributed by atoms with Gasteiger partial charge in [-0.15, -0.1) is 0 Å². The second-order valence-corrected chi connectivity index (χ2v) is 7.81. The predicted octanol–water partition coefficient (Wildman–Crippen LogP) is 4.22. The number of fused-ring (bicyclic) bond motifs is 1. The summed E-state index contributed by atoms with van der Waals surface area (Å²) in [5.74, 6) is 1.33. The fourth-order valence-electron chi connectivity index (χ4n) is 4.96. The highest BCUT2D eigenvalue weighted by Crippen LogP contribution is 2.54. The zero-order valence-corrected chi connectivity index (χ0v) is 15.4. The first kappa shape index (κ1) is 18.1. The van der Waals surface area contributed by atoms with Gasteiger partial charge in [-0.05, 0) is 43.2 Å². The Kier molecular flexibility index (Phi) is 4.98. The van der Waals surface area contributed by atoms with Crippen molar-refractivity contribution in [2.24, 2.45) is 11.8 Å². The average molecular weight is 373 g/mol. The maximum absolute atomic E-state index is 12.8. The van der Waals surface area contributed by atoms with Crippen molar-refractivity contribution >= 4 is 5.91 Å². The molecule has 0 unspecified atom stereocenters. The van der Waals surface area contributed by atoms with E-state index in [0.717, 1.165) is 6.42 Å². The molecule has 27 heavy (non-hydrogen) atoms. The Morgan fingerprint density at radius 3 is 2.59 bits per heavy atom. The number of halogens is 2. The molecule has 2 aliphatic carbocycles. The van der Waals surface area contributed by atoms with E-state index in [1.54, 1.807) is 6.92 Å². The summed E-state index contributed by atoms with van der Waals surface area (Å²) in [5.41, 5.74) is 1.57. The number of amides is 1. The molecule has 0 saturated heterocycles. The van der Waals surface area contributed by atoms with Crippen molar-refractivity contribution in [3.8, 4) is 0 Å². The Morgan fingerprint density at radius 1 is 1.22 bits per heavy atom. The molecule has 0 spiro atoms. The van der Waals surface area contributed by atoms with Gasteiger partial charge in [-0.25, -0.2) is 8.78 Å². The monoisotopic (exact) mass is 373 g/mol. The summed E-state index contributed by atoms with van der Waals surface area (Å²) in [7, 11) is 0. The third kappa shape index (κ3) is 3.49. The van der Waals surface area contributed by atoms with Crippen molar-refractivity contribution in [1.82, 2.24) is 15.1 Å². The summed E-state index contributed by atoms with van der Waals surface area (Å²) in [6.45, 7) is 1.67. The van der Waals surface area contributed by atoms with Crippen LogP contribution < -0.4 is 5.32 Å². The standard InChI is InChI=1S/C21H25F2N3O/c1-13-11-17(21(22)23)25-26(13)12-18(27)24-20-16-10-6-5-9-15(16)19(20)14-7-3-2-4-8-14/h2-4,7-8,11,15-16,19-21H,5-6,9-10,12H2,1H3,(H,24,27)/t15-,16+,19+,20+/m1/s1. The molecule has 144 valence electrons. The van der Waals surface area contributed by atoms with Crippen LogP contribution in [0, 0.1) is 18.8 Å². The van der Waals surface area contributed by atoms with Gasteiger partial charge in [0.1, 0.15) is 12.2 Å². The van der Waals surface area contributed by atoms with E-state index in [2.05, 4.69) is 22.5 Å². The molecule has 4 atom stereocenters. The van der Waals surface area contributed by atoms with Crippen molar-refractivity contribution in [3.05, 3.63) is 53.3 Å². The van der Waals surface area contributed by atoms with Gasteiger partial charge >= 0.3 is 0 Å². The molecule has 1 amide bonds. The second-order valence-electron chi connectivity index (χ2n) is 7.81. The van der Waals surface area contributed by atoms with E-state index < -0.39 is 6.43 Å². The molecule has 0 radical (unpaired) electrons. The molecule has 0 aliphatic heterocycles. The number of nitrogens with zero attached hydrogens (tertiary/aromatic N) is 2. The number of carbonyl (C=O) groups excluding carboxylic acids is 1. The molecule has 1 heterocycles. The molecule has 6 heteroatoms. The first-order valence-corrected chi connectivity index (χ1v) is 9.71. The molecule has 4 nitrogen and oxygen atoms in total. The fourth-order valence-corrected chi connectivity index (χ4v) is 4.96. The van der Waals surface area contributed by atoms with Gasteiger partial charge in [-0.3, -0.25) is 9.48 Å². The third-order valence-corrected chi connectivity index (χ3v) is 6.21. The summed E-state index contributed by atoms with van der Waals surface area (Å²) in [6, 6.07) is 11.8. The van der Waals surface area contributed by atoms with Crippen molar-refractivity contribution in [1.29, 1.82) is 0 Å². The molecule has 4 rings (SSSR count). The summed E-state index contributed by atoms with van der Waals surface area (Å²) < 4.78 is 27.0. The maximum Gasteiger partial charge on any atom is 0.282 e. The summed E-state index contributed by atoms with van der Waals surface area (Å²) >= 11 is 0. The van der Waals surface area contributed by atoms with Crippen molar-refractivity contribution < 1.29 is 13.6 Å². The lowest BCUT2D eigenvalue weighted by atomic mass is 9.53. The summed E-state index contributed by atoms with van der Waals surface area (Å²) in [4.78, 5) is 12.6. The number of hydrogen-bond acceptors (Lipinski definition) is 2. The molecule has 2 fully saturated rings. The van der Waals surface area contributed by atoms with Crippen LogP contribution in [0.2, 0.25) is 0 Å². The van der Waals surface area contributed by atoms with E-state index in [1.165, 1.54) is 35.6 Å². The topological polar surface area (TPSA) is 46.9 Å². The lowest BCUT2D eigenvalue weighted by Gasteiger charge is -2.55. The van der Waals surface area contributed by atoms with Gasteiger partial charge in [0.25, 0.3) is 6.43 Å². The number of carbonyl (C=O) groups is 1. The van der Waals surface area contributed by atoms with Crippen molar-refractivity contribution in [2.45, 2.75) is 57.5 Å². The van der Waals surface area contributed by atoms with Gasteiger partial charge in [-0.2, -0.15) is 5.10 Å². The smallest absolute Gasteiger partial charge is 0.282 e. The summed E-state index contributed by atoms with van der Waals surface area (Å²) in [5, 5.41) is 7.06. The van der Waals surface area contributed by atoms with Gasteiger partial charge in [0.15, 0.2) is 0 Å². The van der Waals surface area contributed by atoms with Gasteiger partial charge in [0.05, 0.1) is 0 Å². The maximum atomic E-state index is 12.8. The zero-order chi connectivity index (χ0) is 19.0. The van der Waals surface area contributed by atoms with Crippen LogP contribution in [0.1, 0.15) is 55.0 Å². The molecule has 2 saturated carbocycles. The van der Waals surface area contributed by atoms with Crippen molar-refractivity contribution in [2.75, 3.05) is 0 Å². The SMILES string of the molecule is Cc1cc(C(F)F)nn1CC(=O)N[C@H]1[C@H]2CCCC[C@H]2[C@@H]1c1ccccc1. The van der Waals surface area contributed by atoms with Crippen LogP contribution in [-0.2, 0) is 11.3 Å².